The van der Waals surface area contributed by atoms with Crippen molar-refractivity contribution in [1.82, 2.24) is 5.32 Å². The largest absolute Gasteiger partial charge is 0.387 e. The molecule has 0 unspecified atom stereocenters. The van der Waals surface area contributed by atoms with E-state index >= 15 is 0 Å². The molecule has 2 atom stereocenters. The summed E-state index contributed by atoms with van der Waals surface area (Å²) in [5.74, 6) is 0. The average molecular weight is 347 g/mol. The molecule has 0 aliphatic rings. The fourth-order valence-corrected chi connectivity index (χ4v) is 3.12. The second-order valence-corrected chi connectivity index (χ2v) is 8.21. The number of rotatable bonds is 8. The fraction of sp³-hybridized carbons (Fsp3) is 0.368. The fourth-order valence-electron chi connectivity index (χ4n) is 2.49. The molecule has 2 N–H and O–H groups in total. The first-order valence-corrected chi connectivity index (χ1v) is 10.0. The third-order valence-corrected chi connectivity index (χ3v) is 5.19. The molecule has 0 radical (unpaired) electrons. The summed E-state index contributed by atoms with van der Waals surface area (Å²) in [6.45, 7) is 2.60. The van der Waals surface area contributed by atoms with Crippen LogP contribution in [0.1, 0.15) is 30.6 Å². The minimum atomic E-state index is -3.14. The van der Waals surface area contributed by atoms with Gasteiger partial charge in [0.25, 0.3) is 0 Å². The van der Waals surface area contributed by atoms with E-state index in [1.807, 2.05) is 42.5 Å². The molecule has 0 heterocycles. The predicted octanol–water partition coefficient (Wildman–Crippen LogP) is 2.73. The molecule has 0 aliphatic heterocycles. The van der Waals surface area contributed by atoms with Crippen molar-refractivity contribution in [3.05, 3.63) is 65.7 Å². The highest BCUT2D eigenvalue weighted by Crippen LogP contribution is 2.13. The Morgan fingerprint density at radius 2 is 1.67 bits per heavy atom. The van der Waals surface area contributed by atoms with Crippen LogP contribution in [-0.2, 0) is 16.3 Å². The van der Waals surface area contributed by atoms with Gasteiger partial charge in [0.15, 0.2) is 9.84 Å². The third-order valence-electron chi connectivity index (χ3n) is 4.06. The summed E-state index contributed by atoms with van der Waals surface area (Å²) >= 11 is 0. The lowest BCUT2D eigenvalue weighted by atomic mass is 10.1. The zero-order chi connectivity index (χ0) is 17.6. The first-order valence-electron chi connectivity index (χ1n) is 8.11. The van der Waals surface area contributed by atoms with Crippen LogP contribution in [0.25, 0.3) is 0 Å². The number of aliphatic hydroxyl groups is 1. The zero-order valence-corrected chi connectivity index (χ0v) is 15.0. The van der Waals surface area contributed by atoms with Crippen molar-refractivity contribution < 1.29 is 13.5 Å². The molecule has 0 amide bonds. The summed E-state index contributed by atoms with van der Waals surface area (Å²) in [5, 5.41) is 13.5. The second-order valence-electron chi connectivity index (χ2n) is 6.19. The maximum atomic E-state index is 11.4. The Balaban J connectivity index is 1.78. The van der Waals surface area contributed by atoms with Gasteiger partial charge in [0.2, 0.25) is 0 Å². The molecular formula is C19H25NO3S. The minimum absolute atomic E-state index is 0.262. The standard InChI is InChI=1S/C19H25NO3S/c1-15(20-14-19(21)17-6-4-3-5-7-17)8-9-16-10-12-18(13-11-16)24(2,22)23/h3-7,10-13,15,19-21H,8-9,14H2,1-2H3/t15-,19-/m0/s1. The number of hydrogen-bond donors (Lipinski definition) is 2. The molecule has 0 saturated carbocycles. The molecule has 2 aromatic carbocycles. The van der Waals surface area contributed by atoms with Crippen LogP contribution in [-0.4, -0.2) is 32.4 Å². The van der Waals surface area contributed by atoms with Gasteiger partial charge < -0.3 is 10.4 Å². The van der Waals surface area contributed by atoms with Gasteiger partial charge in [0, 0.05) is 18.8 Å². The minimum Gasteiger partial charge on any atom is -0.387 e. The summed E-state index contributed by atoms with van der Waals surface area (Å²) in [5.41, 5.74) is 2.02. The molecule has 0 saturated heterocycles. The molecular weight excluding hydrogens is 322 g/mol. The number of aryl methyl sites for hydroxylation is 1. The molecule has 2 aromatic rings. The predicted molar refractivity (Wildman–Crippen MR) is 96.7 cm³/mol. The lowest BCUT2D eigenvalue weighted by Crippen LogP contribution is -2.30. The van der Waals surface area contributed by atoms with E-state index in [0.717, 1.165) is 24.0 Å². The van der Waals surface area contributed by atoms with Crippen molar-refractivity contribution in [1.29, 1.82) is 0 Å². The molecule has 2 rings (SSSR count). The quantitative estimate of drug-likeness (QED) is 0.770. The van der Waals surface area contributed by atoms with E-state index in [-0.39, 0.29) is 6.04 Å². The summed E-state index contributed by atoms with van der Waals surface area (Å²) in [7, 11) is -3.14. The van der Waals surface area contributed by atoms with Crippen molar-refractivity contribution >= 4 is 9.84 Å². The zero-order valence-electron chi connectivity index (χ0n) is 14.1. The maximum Gasteiger partial charge on any atom is 0.175 e. The van der Waals surface area contributed by atoms with Gasteiger partial charge in [-0.1, -0.05) is 42.5 Å². The number of aliphatic hydroxyl groups excluding tert-OH is 1. The van der Waals surface area contributed by atoms with Gasteiger partial charge in [0.05, 0.1) is 11.0 Å². The summed E-state index contributed by atoms with van der Waals surface area (Å²) in [6, 6.07) is 16.9. The molecule has 4 nitrogen and oxygen atoms in total. The molecule has 0 aromatic heterocycles. The van der Waals surface area contributed by atoms with Crippen LogP contribution in [0.3, 0.4) is 0 Å². The van der Waals surface area contributed by atoms with Crippen LogP contribution in [0.15, 0.2) is 59.5 Å². The molecule has 5 heteroatoms. The smallest absolute Gasteiger partial charge is 0.175 e. The van der Waals surface area contributed by atoms with E-state index in [0.29, 0.717) is 11.4 Å². The van der Waals surface area contributed by atoms with Gasteiger partial charge in [-0.15, -0.1) is 0 Å². The van der Waals surface area contributed by atoms with Crippen LogP contribution in [0.4, 0.5) is 0 Å². The van der Waals surface area contributed by atoms with Gasteiger partial charge in [-0.25, -0.2) is 8.42 Å². The van der Waals surface area contributed by atoms with E-state index in [1.165, 1.54) is 6.26 Å². The van der Waals surface area contributed by atoms with E-state index in [2.05, 4.69) is 12.2 Å². The normalized spacial score (nSPS) is 14.3. The Bertz CT molecular complexity index is 727. The maximum absolute atomic E-state index is 11.4. The Hall–Kier alpha value is -1.69. The Labute approximate surface area is 144 Å². The lowest BCUT2D eigenvalue weighted by Gasteiger charge is -2.17. The van der Waals surface area contributed by atoms with Gasteiger partial charge in [-0.05, 0) is 43.0 Å². The summed E-state index contributed by atoms with van der Waals surface area (Å²) in [6.07, 6.45) is 2.48. The van der Waals surface area contributed by atoms with Crippen molar-refractivity contribution in [3.8, 4) is 0 Å². The van der Waals surface area contributed by atoms with E-state index in [9.17, 15) is 13.5 Å². The highest BCUT2D eigenvalue weighted by atomic mass is 32.2. The Kier molecular flexibility index (Phi) is 6.54. The molecule has 0 spiro atoms. The number of benzene rings is 2. The monoisotopic (exact) mass is 347 g/mol. The van der Waals surface area contributed by atoms with Crippen molar-refractivity contribution in [3.63, 3.8) is 0 Å². The molecule has 0 aliphatic carbocycles. The van der Waals surface area contributed by atoms with E-state index in [1.54, 1.807) is 12.1 Å². The van der Waals surface area contributed by atoms with Crippen LogP contribution in [0.5, 0.6) is 0 Å². The van der Waals surface area contributed by atoms with Gasteiger partial charge in [0.1, 0.15) is 0 Å². The third kappa shape index (κ3) is 5.74. The molecule has 24 heavy (non-hydrogen) atoms. The average Bonchev–Trinajstić information content (AvgIpc) is 2.58. The second kappa shape index (κ2) is 8.42. The van der Waals surface area contributed by atoms with Gasteiger partial charge in [-0.3, -0.25) is 0 Å². The van der Waals surface area contributed by atoms with E-state index < -0.39 is 15.9 Å². The Morgan fingerprint density at radius 1 is 1.04 bits per heavy atom. The topological polar surface area (TPSA) is 66.4 Å². The summed E-state index contributed by atoms with van der Waals surface area (Å²) in [4.78, 5) is 0.350. The van der Waals surface area contributed by atoms with Gasteiger partial charge in [-0.2, -0.15) is 0 Å². The van der Waals surface area contributed by atoms with Crippen LogP contribution >= 0.6 is 0 Å². The first-order chi connectivity index (χ1) is 11.4. The van der Waals surface area contributed by atoms with Gasteiger partial charge >= 0.3 is 0 Å². The highest BCUT2D eigenvalue weighted by molar-refractivity contribution is 7.90. The van der Waals surface area contributed by atoms with Crippen molar-refractivity contribution in [2.45, 2.75) is 36.8 Å². The first kappa shape index (κ1) is 18.6. The number of sulfone groups is 1. The van der Waals surface area contributed by atoms with Crippen LogP contribution in [0.2, 0.25) is 0 Å². The number of hydrogen-bond acceptors (Lipinski definition) is 4. The Morgan fingerprint density at radius 3 is 2.25 bits per heavy atom. The lowest BCUT2D eigenvalue weighted by molar-refractivity contribution is 0.170. The molecule has 0 bridgehead atoms. The van der Waals surface area contributed by atoms with E-state index in [4.69, 9.17) is 0 Å². The summed E-state index contributed by atoms with van der Waals surface area (Å²) < 4.78 is 22.9. The highest BCUT2D eigenvalue weighted by Gasteiger charge is 2.10. The van der Waals surface area contributed by atoms with Crippen molar-refractivity contribution in [2.24, 2.45) is 0 Å². The molecule has 0 fully saturated rings. The number of nitrogens with one attached hydrogen (secondary N) is 1. The molecule has 130 valence electrons. The SMILES string of the molecule is C[C@@H](CCc1ccc(S(C)(=O)=O)cc1)NC[C@H](O)c1ccccc1. The van der Waals surface area contributed by atoms with Crippen molar-refractivity contribution in [2.75, 3.05) is 12.8 Å². The van der Waals surface area contributed by atoms with Crippen LogP contribution < -0.4 is 5.32 Å². The van der Waals surface area contributed by atoms with Crippen LogP contribution in [0, 0.1) is 0 Å².